The van der Waals surface area contributed by atoms with Crippen molar-refractivity contribution in [2.45, 2.75) is 85.9 Å². The number of ether oxygens (including phenoxy) is 3. The summed E-state index contributed by atoms with van der Waals surface area (Å²) in [6.45, 7) is 24.0. The second kappa shape index (κ2) is 10.1. The second-order valence-corrected chi connectivity index (χ2v) is 11.6. The van der Waals surface area contributed by atoms with E-state index in [9.17, 15) is 4.79 Å². The highest BCUT2D eigenvalue weighted by Gasteiger charge is 2.27. The minimum Gasteiger partial charge on any atom is -0.487 e. The first-order chi connectivity index (χ1) is 15.5. The van der Waals surface area contributed by atoms with E-state index in [1.807, 2.05) is 47.6 Å². The normalized spacial score (nSPS) is 12.5. The van der Waals surface area contributed by atoms with Crippen LogP contribution in [0.4, 0.5) is 0 Å². The number of hydrogen-bond donors (Lipinski definition) is 0. The van der Waals surface area contributed by atoms with Gasteiger partial charge in [0.2, 0.25) is 0 Å². The van der Waals surface area contributed by atoms with Crippen molar-refractivity contribution in [3.63, 3.8) is 0 Å². The average Bonchev–Trinajstić information content (AvgIpc) is 2.64. The van der Waals surface area contributed by atoms with Crippen molar-refractivity contribution in [3.8, 4) is 17.2 Å². The molecule has 0 unspecified atom stereocenters. The molecule has 0 atom stereocenters. The zero-order valence-electron chi connectivity index (χ0n) is 22.5. The molecule has 0 radical (unpaired) electrons. The Morgan fingerprint density at radius 3 is 1.85 bits per heavy atom. The summed E-state index contributed by atoms with van der Waals surface area (Å²) in [5.74, 6) is 2.53. The number of allylic oxidation sites excluding steroid dienone is 2. The van der Waals surface area contributed by atoms with Crippen LogP contribution < -0.4 is 14.2 Å². The van der Waals surface area contributed by atoms with Crippen molar-refractivity contribution in [1.82, 2.24) is 0 Å². The highest BCUT2D eigenvalue weighted by molar-refractivity contribution is 6.07. The molecule has 0 N–H and O–H groups in total. The quantitative estimate of drug-likeness (QED) is 0.236. The molecule has 0 aromatic heterocycles. The van der Waals surface area contributed by atoms with Crippen molar-refractivity contribution in [2.24, 2.45) is 0 Å². The summed E-state index contributed by atoms with van der Waals surface area (Å²) < 4.78 is 18.2. The van der Waals surface area contributed by atoms with Gasteiger partial charge in [-0.3, -0.25) is 4.79 Å². The first-order valence-electron chi connectivity index (χ1n) is 11.7. The van der Waals surface area contributed by atoms with Crippen LogP contribution in [0.1, 0.15) is 90.7 Å². The summed E-state index contributed by atoms with van der Waals surface area (Å²) >= 11 is 0. The fourth-order valence-electron chi connectivity index (χ4n) is 3.31. The molecule has 0 heterocycles. The summed E-state index contributed by atoms with van der Waals surface area (Å²) in [6, 6.07) is 11.0. The smallest absolute Gasteiger partial charge is 0.185 e. The van der Waals surface area contributed by atoms with Crippen LogP contribution in [0.5, 0.6) is 17.2 Å². The van der Waals surface area contributed by atoms with Gasteiger partial charge in [-0.25, -0.2) is 0 Å². The van der Waals surface area contributed by atoms with Crippen LogP contribution in [0.25, 0.3) is 6.08 Å². The van der Waals surface area contributed by atoms with Gasteiger partial charge in [0.1, 0.15) is 28.5 Å². The van der Waals surface area contributed by atoms with Crippen molar-refractivity contribution in [1.29, 1.82) is 0 Å². The number of carbonyl (C=O) groups is 1. The van der Waals surface area contributed by atoms with E-state index in [4.69, 9.17) is 14.2 Å². The van der Waals surface area contributed by atoms with Crippen molar-refractivity contribution in [2.75, 3.05) is 0 Å². The number of hydrogen-bond acceptors (Lipinski definition) is 4. The number of benzene rings is 2. The lowest BCUT2D eigenvalue weighted by molar-refractivity contribution is 0.104. The molecule has 4 heteroatoms. The number of carbonyl (C=O) groups excluding carboxylic acids is 1. The molecule has 2 aromatic rings. The summed E-state index contributed by atoms with van der Waals surface area (Å²) in [5, 5.41) is 0. The lowest BCUT2D eigenvalue weighted by Gasteiger charge is -2.31. The molecule has 34 heavy (non-hydrogen) atoms. The molecule has 0 aliphatic carbocycles. The van der Waals surface area contributed by atoms with E-state index in [1.165, 1.54) is 0 Å². The Labute approximate surface area is 205 Å². The zero-order valence-corrected chi connectivity index (χ0v) is 22.5. The van der Waals surface area contributed by atoms with Gasteiger partial charge in [0.05, 0.1) is 11.3 Å². The molecule has 0 bridgehead atoms. The molecule has 0 fully saturated rings. The topological polar surface area (TPSA) is 44.8 Å². The van der Waals surface area contributed by atoms with Gasteiger partial charge in [-0.2, -0.15) is 0 Å². The molecule has 0 aliphatic heterocycles. The Bertz CT molecular complexity index is 1050. The summed E-state index contributed by atoms with van der Waals surface area (Å²) in [7, 11) is 0. The van der Waals surface area contributed by atoms with E-state index in [0.29, 0.717) is 22.8 Å². The molecule has 184 valence electrons. The van der Waals surface area contributed by atoms with Crippen LogP contribution in [0.3, 0.4) is 0 Å². The Kier molecular flexibility index (Phi) is 8.08. The first kappa shape index (κ1) is 27.2. The van der Waals surface area contributed by atoms with Gasteiger partial charge in [-0.1, -0.05) is 33.4 Å². The average molecular weight is 465 g/mol. The van der Waals surface area contributed by atoms with E-state index in [2.05, 4.69) is 33.4 Å². The number of ketones is 1. The summed E-state index contributed by atoms with van der Waals surface area (Å²) in [4.78, 5) is 13.0. The molecule has 0 saturated heterocycles. The molecule has 2 aromatic carbocycles. The highest BCUT2D eigenvalue weighted by Crippen LogP contribution is 2.42. The van der Waals surface area contributed by atoms with Crippen LogP contribution >= 0.6 is 0 Å². The predicted octanol–water partition coefficient (Wildman–Crippen LogP) is 8.15. The minimum atomic E-state index is -0.425. The second-order valence-electron chi connectivity index (χ2n) is 11.6. The lowest BCUT2D eigenvalue weighted by atomic mass is 9.84. The highest BCUT2D eigenvalue weighted by atomic mass is 16.5. The molecule has 0 amide bonds. The first-order valence-corrected chi connectivity index (χ1v) is 11.7. The lowest BCUT2D eigenvalue weighted by Crippen LogP contribution is -2.27. The molecule has 0 saturated carbocycles. The third-order valence-electron chi connectivity index (χ3n) is 4.62. The van der Waals surface area contributed by atoms with Crippen molar-refractivity contribution in [3.05, 3.63) is 71.5 Å². The largest absolute Gasteiger partial charge is 0.487 e. The Hall–Kier alpha value is -3.01. The van der Waals surface area contributed by atoms with Crippen LogP contribution in [0.2, 0.25) is 0 Å². The number of rotatable bonds is 7. The summed E-state index contributed by atoms with van der Waals surface area (Å²) in [6.07, 6.45) is 3.37. The van der Waals surface area contributed by atoms with Gasteiger partial charge in [-0.15, -0.1) is 0 Å². The third-order valence-corrected chi connectivity index (χ3v) is 4.62. The van der Waals surface area contributed by atoms with Gasteiger partial charge >= 0.3 is 0 Å². The van der Waals surface area contributed by atoms with Gasteiger partial charge in [0.25, 0.3) is 0 Å². The Morgan fingerprint density at radius 2 is 1.38 bits per heavy atom. The minimum absolute atomic E-state index is 0.119. The van der Waals surface area contributed by atoms with Gasteiger partial charge in [0, 0.05) is 11.1 Å². The van der Waals surface area contributed by atoms with Crippen LogP contribution in [-0.2, 0) is 5.41 Å². The van der Waals surface area contributed by atoms with E-state index in [-0.39, 0.29) is 11.2 Å². The zero-order chi connectivity index (χ0) is 25.9. The van der Waals surface area contributed by atoms with Crippen LogP contribution in [-0.4, -0.2) is 17.0 Å². The fourth-order valence-corrected chi connectivity index (χ4v) is 3.31. The molecule has 0 aliphatic rings. The van der Waals surface area contributed by atoms with E-state index < -0.39 is 11.2 Å². The maximum atomic E-state index is 13.0. The Balaban J connectivity index is 2.57. The molecule has 2 rings (SSSR count). The fraction of sp³-hybridized carbons (Fsp3) is 0.433. The van der Waals surface area contributed by atoms with Crippen LogP contribution in [0.15, 0.2) is 54.8 Å². The van der Waals surface area contributed by atoms with Crippen LogP contribution in [0, 0.1) is 0 Å². The standard InChI is InChI=1S/C30H40O4/c1-20(2)32-22-14-12-21(13-15-22)25(31)18-16-23-26(33-29(6,7)8)19-17-24(28(3,4)5)27(23)34-30(9,10)11/h12-19H,1H2,2-11H3. The van der Waals surface area contributed by atoms with Gasteiger partial charge in [-0.05, 0) is 96.4 Å². The van der Waals surface area contributed by atoms with Gasteiger partial charge in [0.15, 0.2) is 5.78 Å². The predicted molar refractivity (Wildman–Crippen MR) is 141 cm³/mol. The Morgan fingerprint density at radius 1 is 0.824 bits per heavy atom. The van der Waals surface area contributed by atoms with E-state index in [1.54, 1.807) is 43.3 Å². The molecule has 4 nitrogen and oxygen atoms in total. The van der Waals surface area contributed by atoms with E-state index >= 15 is 0 Å². The molecular weight excluding hydrogens is 424 g/mol. The monoisotopic (exact) mass is 464 g/mol. The summed E-state index contributed by atoms with van der Waals surface area (Å²) in [5.41, 5.74) is 1.38. The van der Waals surface area contributed by atoms with Crippen molar-refractivity contribution >= 4 is 11.9 Å². The molecular formula is C30H40O4. The maximum absolute atomic E-state index is 13.0. The van der Waals surface area contributed by atoms with E-state index in [0.717, 1.165) is 16.9 Å². The van der Waals surface area contributed by atoms with Crippen molar-refractivity contribution < 1.29 is 19.0 Å². The molecule has 0 spiro atoms. The third kappa shape index (κ3) is 8.09. The maximum Gasteiger partial charge on any atom is 0.185 e. The SMILES string of the molecule is C=C(C)Oc1ccc(C(=O)C=Cc2c(OC(C)(C)C)ccc(C(C)(C)C)c2OC(C)(C)C)cc1. The van der Waals surface area contributed by atoms with Gasteiger partial charge < -0.3 is 14.2 Å².